The number of guanidine groups is 1. The van der Waals surface area contributed by atoms with Crippen molar-refractivity contribution in [3.05, 3.63) is 60.2 Å². The molecular weight excluding hydrogens is 444 g/mol. The van der Waals surface area contributed by atoms with Gasteiger partial charge in [-0.15, -0.1) is 24.0 Å². The average molecular weight is 471 g/mol. The Morgan fingerprint density at radius 1 is 1.15 bits per heavy atom. The number of aliphatic imine (C=N–C) groups is 1. The van der Waals surface area contributed by atoms with Gasteiger partial charge in [0, 0.05) is 57.7 Å². The SMILES string of the molecule is CN=C(NCCCN(C)c1cccc(F)c1)NCCc1ccccn1.I. The van der Waals surface area contributed by atoms with Crippen molar-refractivity contribution in [3.8, 4) is 0 Å². The summed E-state index contributed by atoms with van der Waals surface area (Å²) >= 11 is 0. The van der Waals surface area contributed by atoms with E-state index in [0.29, 0.717) is 0 Å². The molecule has 2 N–H and O–H groups in total. The second-order valence-corrected chi connectivity index (χ2v) is 5.75. The highest BCUT2D eigenvalue weighted by Gasteiger charge is 2.02. The fraction of sp³-hybridized carbons (Fsp3) is 0.368. The van der Waals surface area contributed by atoms with Gasteiger partial charge in [0.15, 0.2) is 5.96 Å². The molecule has 1 aromatic carbocycles. The van der Waals surface area contributed by atoms with Crippen molar-refractivity contribution in [2.75, 3.05) is 38.6 Å². The Morgan fingerprint density at radius 2 is 1.96 bits per heavy atom. The average Bonchev–Trinajstić information content (AvgIpc) is 2.64. The van der Waals surface area contributed by atoms with Crippen LogP contribution < -0.4 is 15.5 Å². The van der Waals surface area contributed by atoms with Crippen molar-refractivity contribution in [1.82, 2.24) is 15.6 Å². The van der Waals surface area contributed by atoms with E-state index in [2.05, 4.69) is 20.6 Å². The van der Waals surface area contributed by atoms with Crippen LogP contribution in [0.15, 0.2) is 53.7 Å². The minimum Gasteiger partial charge on any atom is -0.374 e. The predicted octanol–water partition coefficient (Wildman–Crippen LogP) is 3.07. The Hall–Kier alpha value is -1.90. The topological polar surface area (TPSA) is 52.6 Å². The van der Waals surface area contributed by atoms with Gasteiger partial charge in [-0.1, -0.05) is 12.1 Å². The van der Waals surface area contributed by atoms with Crippen LogP contribution in [-0.4, -0.2) is 44.7 Å². The van der Waals surface area contributed by atoms with Crippen LogP contribution in [0.25, 0.3) is 0 Å². The summed E-state index contributed by atoms with van der Waals surface area (Å²) < 4.78 is 13.2. The molecule has 0 bridgehead atoms. The van der Waals surface area contributed by atoms with E-state index in [1.165, 1.54) is 6.07 Å². The Labute approximate surface area is 172 Å². The van der Waals surface area contributed by atoms with Gasteiger partial charge in [-0.3, -0.25) is 9.98 Å². The quantitative estimate of drug-likeness (QED) is 0.269. The van der Waals surface area contributed by atoms with E-state index in [4.69, 9.17) is 0 Å². The van der Waals surface area contributed by atoms with Gasteiger partial charge in [0.05, 0.1) is 0 Å². The fourth-order valence-electron chi connectivity index (χ4n) is 2.44. The second kappa shape index (κ2) is 12.5. The Balaban J connectivity index is 0.00000338. The lowest BCUT2D eigenvalue weighted by molar-refractivity contribution is 0.626. The molecule has 0 atom stereocenters. The Bertz CT molecular complexity index is 666. The third kappa shape index (κ3) is 7.99. The zero-order valence-corrected chi connectivity index (χ0v) is 17.6. The molecule has 0 amide bonds. The molecule has 0 saturated carbocycles. The van der Waals surface area contributed by atoms with E-state index < -0.39 is 0 Å². The van der Waals surface area contributed by atoms with Crippen LogP contribution in [0.1, 0.15) is 12.1 Å². The maximum Gasteiger partial charge on any atom is 0.190 e. The van der Waals surface area contributed by atoms with Crippen LogP contribution in [0.2, 0.25) is 0 Å². The summed E-state index contributed by atoms with van der Waals surface area (Å²) in [6.45, 7) is 2.41. The number of hydrogen-bond donors (Lipinski definition) is 2. The molecule has 0 saturated heterocycles. The molecular formula is C19H27FIN5. The molecule has 0 aliphatic carbocycles. The first-order chi connectivity index (χ1) is 12.2. The molecule has 1 aromatic heterocycles. The largest absolute Gasteiger partial charge is 0.374 e. The lowest BCUT2D eigenvalue weighted by Gasteiger charge is -2.19. The third-order valence-corrected chi connectivity index (χ3v) is 3.84. The summed E-state index contributed by atoms with van der Waals surface area (Å²) in [6, 6.07) is 12.6. The summed E-state index contributed by atoms with van der Waals surface area (Å²) in [7, 11) is 3.73. The van der Waals surface area contributed by atoms with Gasteiger partial charge < -0.3 is 15.5 Å². The fourth-order valence-corrected chi connectivity index (χ4v) is 2.44. The zero-order valence-electron chi connectivity index (χ0n) is 15.3. The highest BCUT2D eigenvalue weighted by Crippen LogP contribution is 2.13. The van der Waals surface area contributed by atoms with Crippen molar-refractivity contribution in [2.45, 2.75) is 12.8 Å². The molecule has 1 heterocycles. The summed E-state index contributed by atoms with van der Waals surface area (Å²) in [5.74, 6) is 0.573. The van der Waals surface area contributed by atoms with E-state index in [1.54, 1.807) is 25.4 Å². The lowest BCUT2D eigenvalue weighted by atomic mass is 10.2. The number of halogens is 2. The van der Waals surface area contributed by atoms with E-state index in [1.807, 2.05) is 36.2 Å². The first-order valence-corrected chi connectivity index (χ1v) is 8.50. The molecule has 7 heteroatoms. The summed E-state index contributed by atoms with van der Waals surface area (Å²) in [4.78, 5) is 10.6. The highest BCUT2D eigenvalue weighted by molar-refractivity contribution is 14.0. The summed E-state index contributed by atoms with van der Waals surface area (Å²) in [6.07, 6.45) is 3.58. The molecule has 5 nitrogen and oxygen atoms in total. The van der Waals surface area contributed by atoms with Crippen molar-refractivity contribution < 1.29 is 4.39 Å². The van der Waals surface area contributed by atoms with Crippen LogP contribution in [-0.2, 0) is 6.42 Å². The van der Waals surface area contributed by atoms with E-state index in [-0.39, 0.29) is 29.8 Å². The molecule has 2 aromatic rings. The predicted molar refractivity (Wildman–Crippen MR) is 117 cm³/mol. The first kappa shape index (κ1) is 22.1. The second-order valence-electron chi connectivity index (χ2n) is 5.75. The minimum atomic E-state index is -0.208. The van der Waals surface area contributed by atoms with Gasteiger partial charge in [-0.2, -0.15) is 0 Å². The Kier molecular flexibility index (Phi) is 10.6. The number of nitrogens with zero attached hydrogens (tertiary/aromatic N) is 3. The van der Waals surface area contributed by atoms with E-state index in [0.717, 1.165) is 49.8 Å². The molecule has 0 unspecified atom stereocenters. The Morgan fingerprint density at radius 3 is 2.65 bits per heavy atom. The van der Waals surface area contributed by atoms with Crippen LogP contribution in [0.3, 0.4) is 0 Å². The normalized spacial score (nSPS) is 10.8. The smallest absolute Gasteiger partial charge is 0.190 e. The number of aromatic nitrogens is 1. The van der Waals surface area contributed by atoms with Crippen LogP contribution in [0, 0.1) is 5.82 Å². The van der Waals surface area contributed by atoms with Crippen molar-refractivity contribution in [3.63, 3.8) is 0 Å². The molecule has 0 fully saturated rings. The van der Waals surface area contributed by atoms with Gasteiger partial charge in [0.1, 0.15) is 5.82 Å². The summed E-state index contributed by atoms with van der Waals surface area (Å²) in [5.41, 5.74) is 1.94. The van der Waals surface area contributed by atoms with Gasteiger partial charge >= 0.3 is 0 Å². The van der Waals surface area contributed by atoms with Crippen molar-refractivity contribution in [1.29, 1.82) is 0 Å². The maximum atomic E-state index is 13.2. The first-order valence-electron chi connectivity index (χ1n) is 8.50. The molecule has 26 heavy (non-hydrogen) atoms. The summed E-state index contributed by atoms with van der Waals surface area (Å²) in [5, 5.41) is 6.57. The van der Waals surface area contributed by atoms with E-state index in [9.17, 15) is 4.39 Å². The lowest BCUT2D eigenvalue weighted by Crippen LogP contribution is -2.39. The number of benzene rings is 1. The highest BCUT2D eigenvalue weighted by atomic mass is 127. The van der Waals surface area contributed by atoms with Gasteiger partial charge in [0.2, 0.25) is 0 Å². The van der Waals surface area contributed by atoms with Crippen molar-refractivity contribution in [2.24, 2.45) is 4.99 Å². The van der Waals surface area contributed by atoms with Crippen LogP contribution >= 0.6 is 24.0 Å². The standard InChI is InChI=1S/C19H26FN5.HI/c1-21-19(24-13-10-17-8-3-4-11-22-17)23-12-6-14-25(2)18-9-5-7-16(20)15-18;/h3-5,7-9,11,15H,6,10,12-14H2,1-2H3,(H2,21,23,24);1H. The van der Waals surface area contributed by atoms with Crippen LogP contribution in [0.4, 0.5) is 10.1 Å². The molecule has 2 rings (SSSR count). The maximum absolute atomic E-state index is 13.2. The zero-order chi connectivity index (χ0) is 17.9. The number of nitrogens with one attached hydrogen (secondary N) is 2. The molecule has 142 valence electrons. The van der Waals surface area contributed by atoms with Gasteiger partial charge in [-0.05, 0) is 36.8 Å². The van der Waals surface area contributed by atoms with Crippen molar-refractivity contribution >= 4 is 35.6 Å². The molecule has 0 spiro atoms. The van der Waals surface area contributed by atoms with Gasteiger partial charge in [0.25, 0.3) is 0 Å². The van der Waals surface area contributed by atoms with Crippen LogP contribution in [0.5, 0.6) is 0 Å². The number of anilines is 1. The van der Waals surface area contributed by atoms with E-state index >= 15 is 0 Å². The van der Waals surface area contributed by atoms with Gasteiger partial charge in [-0.25, -0.2) is 4.39 Å². The molecule has 0 aliphatic heterocycles. The monoisotopic (exact) mass is 471 g/mol. The third-order valence-electron chi connectivity index (χ3n) is 3.84. The minimum absolute atomic E-state index is 0. The number of rotatable bonds is 8. The molecule has 0 radical (unpaired) electrons. The molecule has 0 aliphatic rings. The number of pyridine rings is 1. The number of hydrogen-bond acceptors (Lipinski definition) is 3.